The zero-order valence-electron chi connectivity index (χ0n) is 15.8. The predicted molar refractivity (Wildman–Crippen MR) is 108 cm³/mol. The van der Waals surface area contributed by atoms with Gasteiger partial charge in [-0.1, -0.05) is 12.1 Å². The van der Waals surface area contributed by atoms with E-state index in [0.717, 1.165) is 12.8 Å². The molecule has 1 aliphatic rings. The maximum Gasteiger partial charge on any atom is 0.254 e. The molecule has 1 aliphatic heterocycles. The Kier molecular flexibility index (Phi) is 6.63. The fourth-order valence-corrected chi connectivity index (χ4v) is 4.11. The zero-order chi connectivity index (χ0) is 19.2. The summed E-state index contributed by atoms with van der Waals surface area (Å²) in [6.45, 7) is 5.12. The van der Waals surface area contributed by atoms with Crippen LogP contribution in [0.2, 0.25) is 0 Å². The third-order valence-corrected chi connectivity index (χ3v) is 5.44. The number of morpholine rings is 1. The van der Waals surface area contributed by atoms with E-state index in [0.29, 0.717) is 30.8 Å². The molecule has 1 fully saturated rings. The number of amides is 2. The molecule has 6 heteroatoms. The van der Waals surface area contributed by atoms with E-state index in [2.05, 4.69) is 11.4 Å². The van der Waals surface area contributed by atoms with Gasteiger partial charge in [0, 0.05) is 35.6 Å². The number of ether oxygens (including phenoxy) is 1. The molecular weight excluding hydrogens is 360 g/mol. The Morgan fingerprint density at radius 3 is 2.67 bits per heavy atom. The minimum atomic E-state index is -0.0234. The topological polar surface area (TPSA) is 58.6 Å². The molecule has 1 aromatic carbocycles. The minimum absolute atomic E-state index is 0.0224. The number of aryl methyl sites for hydroxylation is 1. The maximum atomic E-state index is 12.8. The first-order valence-corrected chi connectivity index (χ1v) is 10.3. The van der Waals surface area contributed by atoms with Gasteiger partial charge in [0.1, 0.15) is 0 Å². The lowest BCUT2D eigenvalue weighted by Crippen LogP contribution is -2.48. The summed E-state index contributed by atoms with van der Waals surface area (Å²) in [5, 5.41) is 4.96. The number of nitrogens with one attached hydrogen (secondary N) is 1. The van der Waals surface area contributed by atoms with Crippen molar-refractivity contribution in [2.45, 2.75) is 45.3 Å². The molecule has 0 radical (unpaired) electrons. The zero-order valence-corrected chi connectivity index (χ0v) is 16.6. The molecule has 1 saturated heterocycles. The summed E-state index contributed by atoms with van der Waals surface area (Å²) in [5.41, 5.74) is 1.25. The highest BCUT2D eigenvalue weighted by Gasteiger charge is 2.26. The molecule has 1 N–H and O–H groups in total. The van der Waals surface area contributed by atoms with Crippen LogP contribution in [0.4, 0.5) is 5.69 Å². The molecular formula is C21H26N2O3S. The van der Waals surface area contributed by atoms with E-state index in [1.807, 2.05) is 42.3 Å². The summed E-state index contributed by atoms with van der Waals surface area (Å²) in [7, 11) is 0. The van der Waals surface area contributed by atoms with E-state index in [4.69, 9.17) is 4.74 Å². The van der Waals surface area contributed by atoms with Crippen molar-refractivity contribution in [2.24, 2.45) is 0 Å². The Morgan fingerprint density at radius 2 is 1.96 bits per heavy atom. The van der Waals surface area contributed by atoms with Crippen LogP contribution in [0.1, 0.15) is 41.9 Å². The van der Waals surface area contributed by atoms with Gasteiger partial charge in [0.05, 0.1) is 12.2 Å². The van der Waals surface area contributed by atoms with Gasteiger partial charge in [-0.2, -0.15) is 0 Å². The highest BCUT2D eigenvalue weighted by molar-refractivity contribution is 7.09. The first kappa shape index (κ1) is 19.6. The molecule has 27 heavy (non-hydrogen) atoms. The van der Waals surface area contributed by atoms with Crippen molar-refractivity contribution < 1.29 is 14.3 Å². The van der Waals surface area contributed by atoms with Gasteiger partial charge in [0.25, 0.3) is 5.91 Å². The van der Waals surface area contributed by atoms with Crippen LogP contribution in [0.25, 0.3) is 0 Å². The summed E-state index contributed by atoms with van der Waals surface area (Å²) < 4.78 is 5.69. The lowest BCUT2D eigenvalue weighted by molar-refractivity contribution is -0.116. The third-order valence-electron chi connectivity index (χ3n) is 4.51. The minimum Gasteiger partial charge on any atom is -0.372 e. The van der Waals surface area contributed by atoms with E-state index in [1.54, 1.807) is 23.5 Å². The summed E-state index contributed by atoms with van der Waals surface area (Å²) in [6, 6.07) is 11.3. The van der Waals surface area contributed by atoms with Crippen molar-refractivity contribution in [2.75, 3.05) is 18.4 Å². The lowest BCUT2D eigenvalue weighted by atomic mass is 10.1. The first-order chi connectivity index (χ1) is 13.0. The molecule has 2 amide bonds. The lowest BCUT2D eigenvalue weighted by Gasteiger charge is -2.35. The number of thiophene rings is 1. The van der Waals surface area contributed by atoms with Crippen molar-refractivity contribution in [1.82, 2.24) is 4.90 Å². The normalized spacial score (nSPS) is 19.7. The van der Waals surface area contributed by atoms with Crippen LogP contribution in [0.3, 0.4) is 0 Å². The highest BCUT2D eigenvalue weighted by atomic mass is 32.1. The predicted octanol–water partition coefficient (Wildman–Crippen LogP) is 3.96. The van der Waals surface area contributed by atoms with Crippen molar-refractivity contribution in [3.05, 3.63) is 52.2 Å². The number of hydrogen-bond acceptors (Lipinski definition) is 4. The van der Waals surface area contributed by atoms with Crippen LogP contribution < -0.4 is 5.32 Å². The van der Waals surface area contributed by atoms with Gasteiger partial charge in [0.15, 0.2) is 0 Å². The summed E-state index contributed by atoms with van der Waals surface area (Å²) in [5.74, 6) is -0.0458. The van der Waals surface area contributed by atoms with Crippen molar-refractivity contribution in [1.29, 1.82) is 0 Å². The maximum absolute atomic E-state index is 12.8. The summed E-state index contributed by atoms with van der Waals surface area (Å²) >= 11 is 1.71. The fraction of sp³-hybridized carbons (Fsp3) is 0.429. The quantitative estimate of drug-likeness (QED) is 0.817. The Balaban J connectivity index is 1.54. The second kappa shape index (κ2) is 9.15. The standard InChI is InChI=1S/C21H26N2O3S/c1-15-13-23(14-16(2)26-15)21(25)17-6-3-7-18(12-17)22-20(24)10-4-8-19-9-5-11-27-19/h3,5-7,9,11-12,15-16H,4,8,10,13-14H2,1-2H3,(H,22,24). The molecule has 0 spiro atoms. The molecule has 0 aliphatic carbocycles. The van der Waals surface area contributed by atoms with Crippen LogP contribution in [-0.4, -0.2) is 42.0 Å². The van der Waals surface area contributed by atoms with Gasteiger partial charge in [-0.25, -0.2) is 0 Å². The van der Waals surface area contributed by atoms with Crippen LogP contribution >= 0.6 is 11.3 Å². The average molecular weight is 387 g/mol. The third kappa shape index (κ3) is 5.65. The molecule has 0 bridgehead atoms. The van der Waals surface area contributed by atoms with Gasteiger partial charge in [-0.15, -0.1) is 11.3 Å². The second-order valence-electron chi connectivity index (χ2n) is 7.03. The summed E-state index contributed by atoms with van der Waals surface area (Å²) in [6.07, 6.45) is 2.26. The number of benzene rings is 1. The molecule has 1 aromatic heterocycles. The van der Waals surface area contributed by atoms with Crippen LogP contribution in [0.5, 0.6) is 0 Å². The highest BCUT2D eigenvalue weighted by Crippen LogP contribution is 2.18. The van der Waals surface area contributed by atoms with E-state index < -0.39 is 0 Å². The summed E-state index contributed by atoms with van der Waals surface area (Å²) in [4.78, 5) is 28.1. The van der Waals surface area contributed by atoms with Gasteiger partial charge in [0.2, 0.25) is 5.91 Å². The molecule has 5 nitrogen and oxygen atoms in total. The SMILES string of the molecule is CC1CN(C(=O)c2cccc(NC(=O)CCCc3cccs3)c2)CC(C)O1. The monoisotopic (exact) mass is 386 g/mol. The fourth-order valence-electron chi connectivity index (χ4n) is 3.36. The Bertz CT molecular complexity index is 765. The Labute approximate surface area is 164 Å². The number of hydrogen-bond donors (Lipinski definition) is 1. The van der Waals surface area contributed by atoms with E-state index in [-0.39, 0.29) is 24.0 Å². The first-order valence-electron chi connectivity index (χ1n) is 9.38. The van der Waals surface area contributed by atoms with Crippen molar-refractivity contribution >= 4 is 28.8 Å². The molecule has 2 unspecified atom stereocenters. The molecule has 0 saturated carbocycles. The second-order valence-corrected chi connectivity index (χ2v) is 8.06. The molecule has 2 aromatic rings. The number of carbonyl (C=O) groups excluding carboxylic acids is 2. The molecule has 2 heterocycles. The number of anilines is 1. The Hall–Kier alpha value is -2.18. The van der Waals surface area contributed by atoms with Gasteiger partial charge < -0.3 is 15.0 Å². The average Bonchev–Trinajstić information content (AvgIpc) is 3.14. The van der Waals surface area contributed by atoms with Gasteiger partial charge in [-0.3, -0.25) is 9.59 Å². The molecule has 144 valence electrons. The number of rotatable bonds is 6. The van der Waals surface area contributed by atoms with Crippen molar-refractivity contribution in [3.63, 3.8) is 0 Å². The van der Waals surface area contributed by atoms with Crippen LogP contribution in [-0.2, 0) is 16.0 Å². The smallest absolute Gasteiger partial charge is 0.254 e. The number of carbonyl (C=O) groups is 2. The van der Waals surface area contributed by atoms with Crippen LogP contribution in [0.15, 0.2) is 41.8 Å². The van der Waals surface area contributed by atoms with E-state index in [1.165, 1.54) is 4.88 Å². The molecule has 2 atom stereocenters. The Morgan fingerprint density at radius 1 is 1.19 bits per heavy atom. The van der Waals surface area contributed by atoms with Crippen LogP contribution in [0, 0.1) is 0 Å². The largest absolute Gasteiger partial charge is 0.372 e. The van der Waals surface area contributed by atoms with E-state index in [9.17, 15) is 9.59 Å². The van der Waals surface area contributed by atoms with Gasteiger partial charge in [-0.05, 0) is 56.3 Å². The van der Waals surface area contributed by atoms with Crippen molar-refractivity contribution in [3.8, 4) is 0 Å². The number of nitrogens with zero attached hydrogens (tertiary/aromatic N) is 1. The van der Waals surface area contributed by atoms with E-state index >= 15 is 0 Å². The van der Waals surface area contributed by atoms with Gasteiger partial charge >= 0.3 is 0 Å². The molecule has 3 rings (SSSR count).